The van der Waals surface area contributed by atoms with Crippen LogP contribution in [0.1, 0.15) is 25.7 Å². The fourth-order valence-electron chi connectivity index (χ4n) is 1.29. The zero-order valence-corrected chi connectivity index (χ0v) is 13.9. The molecule has 0 amide bonds. The van der Waals surface area contributed by atoms with Gasteiger partial charge in [0.2, 0.25) is 0 Å². The van der Waals surface area contributed by atoms with Crippen LogP contribution in [0.25, 0.3) is 0 Å². The van der Waals surface area contributed by atoms with E-state index in [1.165, 1.54) is 31.4 Å². The summed E-state index contributed by atoms with van der Waals surface area (Å²) in [6.07, 6.45) is 14.1. The van der Waals surface area contributed by atoms with Crippen molar-refractivity contribution in [1.82, 2.24) is 0 Å². The molecule has 0 bridgehead atoms. The summed E-state index contributed by atoms with van der Waals surface area (Å²) >= 11 is -0.543. The average molecular weight is 320 g/mol. The van der Waals surface area contributed by atoms with E-state index >= 15 is 0 Å². The predicted molar refractivity (Wildman–Crippen MR) is 73.4 cm³/mol. The van der Waals surface area contributed by atoms with E-state index in [0.717, 1.165) is 0 Å². The van der Waals surface area contributed by atoms with Gasteiger partial charge in [-0.2, -0.15) is 10.9 Å². The molecule has 0 heterocycles. The standard InChI is InChI=1S/C9H16S.3CH3.Sn/c1-10(2)8-7-9-5-3-4-6-9;;;;/h7H,1,3-6,8H2,2H3;3*1H3;. The van der Waals surface area contributed by atoms with Crippen molar-refractivity contribution in [3.63, 3.8) is 0 Å². The first-order valence-electron chi connectivity index (χ1n) is 5.39. The van der Waals surface area contributed by atoms with E-state index in [4.69, 9.17) is 0 Å². The quantitative estimate of drug-likeness (QED) is 0.313. The maximum atomic E-state index is 3.98. The molecular formula is C12H25SSn. The van der Waals surface area contributed by atoms with Crippen molar-refractivity contribution >= 4 is 30.7 Å². The van der Waals surface area contributed by atoms with Gasteiger partial charge in [-0.25, -0.2) is 0 Å². The van der Waals surface area contributed by atoms with Gasteiger partial charge in [0.15, 0.2) is 0 Å². The molecule has 1 fully saturated rings. The van der Waals surface area contributed by atoms with E-state index in [-0.39, 0.29) is 0 Å². The van der Waals surface area contributed by atoms with E-state index in [1.807, 2.05) is 0 Å². The van der Waals surface area contributed by atoms with Gasteiger partial charge in [0.25, 0.3) is 0 Å². The maximum absolute atomic E-state index is 3.98. The first-order chi connectivity index (χ1) is 6.52. The Morgan fingerprint density at radius 3 is 2.07 bits per heavy atom. The van der Waals surface area contributed by atoms with E-state index in [0.29, 0.717) is 10.9 Å². The molecule has 0 aromatic heterocycles. The molecule has 0 saturated heterocycles. The Bertz CT molecular complexity index is 151. The summed E-state index contributed by atoms with van der Waals surface area (Å²) in [5, 5.41) is 0. The topological polar surface area (TPSA) is 0 Å². The molecule has 1 rings (SSSR count). The van der Waals surface area contributed by atoms with Crippen molar-refractivity contribution in [2.45, 2.75) is 40.5 Å². The minimum atomic E-state index is -0.543. The molecular weight excluding hydrogens is 295 g/mol. The number of hydrogen-bond acceptors (Lipinski definition) is 0. The second-order valence-electron chi connectivity index (χ2n) is 4.52. The Hall–Kier alpha value is 0.889. The van der Waals surface area contributed by atoms with Crippen molar-refractivity contribution in [3.8, 4) is 0 Å². The predicted octanol–water partition coefficient (Wildman–Crippen LogP) is 3.90. The molecule has 1 aliphatic rings. The molecule has 1 saturated carbocycles. The summed E-state index contributed by atoms with van der Waals surface area (Å²) in [7, 11) is 0.362. The van der Waals surface area contributed by atoms with Crippen LogP contribution in [0, 0.1) is 6.26 Å². The summed E-state index contributed by atoms with van der Waals surface area (Å²) < 4.78 is 0. The average Bonchev–Trinajstić information content (AvgIpc) is 2.51. The van der Waals surface area contributed by atoms with Crippen LogP contribution in [-0.4, -0.2) is 31.8 Å². The molecule has 1 aliphatic carbocycles. The Balaban J connectivity index is 0.000000364. The first kappa shape index (κ1) is 14.9. The van der Waals surface area contributed by atoms with Crippen LogP contribution in [-0.2, 0) is 10.9 Å². The van der Waals surface area contributed by atoms with Gasteiger partial charge in [0.05, 0.1) is 12.0 Å². The van der Waals surface area contributed by atoms with Gasteiger partial charge in [-0.15, -0.1) is 6.26 Å². The van der Waals surface area contributed by atoms with E-state index in [9.17, 15) is 0 Å². The van der Waals surface area contributed by atoms with Gasteiger partial charge in [0.1, 0.15) is 0 Å². The van der Waals surface area contributed by atoms with Crippen LogP contribution >= 0.6 is 0 Å². The molecule has 1 atom stereocenters. The molecule has 0 spiro atoms. The second-order valence-corrected chi connectivity index (χ2v) is 15.0. The number of allylic oxidation sites excluding steroid dienone is 1. The zero-order chi connectivity index (χ0) is 11.0. The minimum absolute atomic E-state index is 0.362. The summed E-state index contributed by atoms with van der Waals surface area (Å²) in [5.41, 5.74) is 1.68. The molecule has 0 aliphatic heterocycles. The normalized spacial score (nSPS) is 17.7. The molecule has 2 heteroatoms. The van der Waals surface area contributed by atoms with Crippen molar-refractivity contribution < 1.29 is 0 Å². The van der Waals surface area contributed by atoms with Crippen molar-refractivity contribution in [1.29, 1.82) is 0 Å². The molecule has 14 heavy (non-hydrogen) atoms. The number of rotatable bonds is 2. The van der Waals surface area contributed by atoms with Crippen LogP contribution in [0.5, 0.6) is 0 Å². The van der Waals surface area contributed by atoms with Gasteiger partial charge < -0.3 is 0 Å². The Morgan fingerprint density at radius 2 is 1.71 bits per heavy atom. The fourth-order valence-corrected chi connectivity index (χ4v) is 1.81. The van der Waals surface area contributed by atoms with Crippen molar-refractivity contribution in [3.05, 3.63) is 17.9 Å². The molecule has 0 nitrogen and oxygen atoms in total. The van der Waals surface area contributed by atoms with Crippen molar-refractivity contribution in [2.75, 3.05) is 12.0 Å². The summed E-state index contributed by atoms with van der Waals surface area (Å²) in [6.45, 7) is 0. The summed E-state index contributed by atoms with van der Waals surface area (Å²) in [4.78, 5) is 7.09. The molecule has 0 aromatic rings. The van der Waals surface area contributed by atoms with Gasteiger partial charge in [-0.3, -0.25) is 0 Å². The van der Waals surface area contributed by atoms with E-state index < -0.39 is 19.8 Å². The van der Waals surface area contributed by atoms with Gasteiger partial charge in [-0.1, -0.05) is 5.57 Å². The van der Waals surface area contributed by atoms with E-state index in [1.54, 1.807) is 5.57 Å². The number of hydrogen-bond donors (Lipinski definition) is 0. The monoisotopic (exact) mass is 321 g/mol. The SMILES string of the molecule is [CH2-][S+](C)CC=C1CCCC1.[CH3][Sn]([CH3])[CH3]. The van der Waals surface area contributed by atoms with E-state index in [2.05, 4.69) is 33.4 Å². The third-order valence-electron chi connectivity index (χ3n) is 1.90. The second kappa shape index (κ2) is 9.14. The zero-order valence-electron chi connectivity index (χ0n) is 10.2. The van der Waals surface area contributed by atoms with Crippen molar-refractivity contribution in [2.24, 2.45) is 0 Å². The molecule has 0 aromatic carbocycles. The van der Waals surface area contributed by atoms with Gasteiger partial charge in [-0.05, 0) is 31.8 Å². The first-order valence-corrected chi connectivity index (χ1v) is 15.9. The third-order valence-corrected chi connectivity index (χ3v) is 2.64. The third kappa shape index (κ3) is 11.0. The summed E-state index contributed by atoms with van der Waals surface area (Å²) in [5.74, 6) is 1.20. The van der Waals surface area contributed by atoms with Crippen LogP contribution in [0.3, 0.4) is 0 Å². The molecule has 83 valence electrons. The summed E-state index contributed by atoms with van der Waals surface area (Å²) in [6, 6.07) is 0. The van der Waals surface area contributed by atoms with Gasteiger partial charge in [0, 0.05) is 0 Å². The van der Waals surface area contributed by atoms with Crippen LogP contribution in [0.15, 0.2) is 11.6 Å². The van der Waals surface area contributed by atoms with Crippen LogP contribution in [0.2, 0.25) is 14.8 Å². The fraction of sp³-hybridized carbons (Fsp3) is 0.750. The Morgan fingerprint density at radius 1 is 1.29 bits per heavy atom. The van der Waals surface area contributed by atoms with Gasteiger partial charge >= 0.3 is 34.6 Å². The Kier molecular flexibility index (Phi) is 9.72. The molecule has 1 unspecified atom stereocenters. The molecule has 1 radical (unpaired) electrons. The van der Waals surface area contributed by atoms with Crippen LogP contribution < -0.4 is 0 Å². The Labute approximate surface area is 101 Å². The molecule has 0 N–H and O–H groups in total. The van der Waals surface area contributed by atoms with Crippen LogP contribution in [0.4, 0.5) is 0 Å².